The van der Waals surface area contributed by atoms with Gasteiger partial charge in [-0.15, -0.1) is 0 Å². The minimum Gasteiger partial charge on any atom is -0.383 e. The number of nitrogens with two attached hydrogens (primary N) is 1. The van der Waals surface area contributed by atoms with Crippen molar-refractivity contribution in [2.75, 3.05) is 26.8 Å². The number of rotatable bonds is 7. The summed E-state index contributed by atoms with van der Waals surface area (Å²) in [7, 11) is 1.57. The molecule has 1 rings (SSSR count). The monoisotopic (exact) mass is 208 g/mol. The van der Waals surface area contributed by atoms with Crippen molar-refractivity contribution in [3.63, 3.8) is 0 Å². The Labute approximate surface area is 83.0 Å². The van der Waals surface area contributed by atoms with Crippen molar-refractivity contribution in [1.82, 2.24) is 5.32 Å². The van der Waals surface area contributed by atoms with E-state index >= 15 is 0 Å². The highest BCUT2D eigenvalue weighted by Crippen LogP contribution is 2.39. The average molecular weight is 208 g/mol. The highest BCUT2D eigenvalue weighted by Gasteiger charge is 2.44. The smallest absolute Gasteiger partial charge is 0.250 e. The van der Waals surface area contributed by atoms with Crippen LogP contribution in [0.1, 0.15) is 12.8 Å². The van der Waals surface area contributed by atoms with Crippen molar-refractivity contribution < 1.29 is 13.5 Å². The Balaban J connectivity index is 2.49. The highest BCUT2D eigenvalue weighted by atomic mass is 19.3. The maximum Gasteiger partial charge on any atom is 0.250 e. The van der Waals surface area contributed by atoms with E-state index in [0.717, 1.165) is 12.8 Å². The van der Waals surface area contributed by atoms with Gasteiger partial charge in [0.1, 0.15) is 0 Å². The molecule has 0 radical (unpaired) electrons. The van der Waals surface area contributed by atoms with Crippen molar-refractivity contribution >= 4 is 0 Å². The molecule has 0 aliphatic heterocycles. The van der Waals surface area contributed by atoms with Crippen molar-refractivity contribution in [1.29, 1.82) is 0 Å². The Morgan fingerprint density at radius 3 is 2.57 bits per heavy atom. The summed E-state index contributed by atoms with van der Waals surface area (Å²) in [4.78, 5) is 0. The molecule has 0 aromatic rings. The maximum absolute atomic E-state index is 12.1. The first-order valence-electron chi connectivity index (χ1n) is 4.87. The third-order valence-electron chi connectivity index (χ3n) is 2.73. The number of nitrogens with one attached hydrogen (secondary N) is 1. The van der Waals surface area contributed by atoms with Crippen LogP contribution in [0.5, 0.6) is 0 Å². The highest BCUT2D eigenvalue weighted by molar-refractivity contribution is 5.02. The first-order chi connectivity index (χ1) is 6.64. The van der Waals surface area contributed by atoms with Gasteiger partial charge >= 0.3 is 0 Å². The van der Waals surface area contributed by atoms with Gasteiger partial charge in [-0.1, -0.05) is 0 Å². The second kappa shape index (κ2) is 5.00. The number of methoxy groups -OCH3 is 1. The third kappa shape index (κ3) is 2.87. The van der Waals surface area contributed by atoms with Gasteiger partial charge in [0.25, 0.3) is 6.43 Å². The summed E-state index contributed by atoms with van der Waals surface area (Å²) < 4.78 is 29.2. The standard InChI is InChI=1S/C9H18F2N2O/c1-14-6-9(5-12,7-2-3-7)13-4-8(10)11/h7-8,13H,2-6,12H2,1H3. The van der Waals surface area contributed by atoms with Crippen molar-refractivity contribution in [3.8, 4) is 0 Å². The van der Waals surface area contributed by atoms with Crippen molar-refractivity contribution in [2.45, 2.75) is 24.8 Å². The molecule has 0 aromatic heterocycles. The Bertz CT molecular complexity index is 176. The minimum atomic E-state index is -2.34. The van der Waals surface area contributed by atoms with Crippen molar-refractivity contribution in [2.24, 2.45) is 11.7 Å². The summed E-state index contributed by atoms with van der Waals surface area (Å²) in [5, 5.41) is 2.85. The molecule has 3 N–H and O–H groups in total. The van der Waals surface area contributed by atoms with Gasteiger partial charge in [0, 0.05) is 13.7 Å². The van der Waals surface area contributed by atoms with Gasteiger partial charge in [0.05, 0.1) is 18.7 Å². The zero-order valence-electron chi connectivity index (χ0n) is 8.43. The van der Waals surface area contributed by atoms with Crippen LogP contribution in [0.2, 0.25) is 0 Å². The summed E-state index contributed by atoms with van der Waals surface area (Å²) >= 11 is 0. The van der Waals surface area contributed by atoms with Gasteiger partial charge in [0.15, 0.2) is 0 Å². The lowest BCUT2D eigenvalue weighted by atomic mass is 9.94. The van der Waals surface area contributed by atoms with Gasteiger partial charge in [-0.3, -0.25) is 0 Å². The SMILES string of the molecule is COCC(CN)(NCC(F)F)C1CC1. The molecule has 0 spiro atoms. The van der Waals surface area contributed by atoms with Crippen LogP contribution >= 0.6 is 0 Å². The first kappa shape index (κ1) is 11.8. The Hall–Kier alpha value is -0.260. The van der Waals surface area contributed by atoms with Crippen LogP contribution in [0.4, 0.5) is 8.78 Å². The van der Waals surface area contributed by atoms with E-state index in [2.05, 4.69) is 5.32 Å². The molecule has 14 heavy (non-hydrogen) atoms. The van der Waals surface area contributed by atoms with Crippen LogP contribution in [0.25, 0.3) is 0 Å². The van der Waals surface area contributed by atoms with E-state index in [0.29, 0.717) is 19.1 Å². The summed E-state index contributed by atoms with van der Waals surface area (Å²) in [6.07, 6.45) is -0.232. The van der Waals surface area contributed by atoms with E-state index in [1.807, 2.05) is 0 Å². The van der Waals surface area contributed by atoms with E-state index in [9.17, 15) is 8.78 Å². The molecule has 1 aliphatic carbocycles. The molecule has 84 valence electrons. The second-order valence-electron chi connectivity index (χ2n) is 3.84. The molecule has 0 bridgehead atoms. The van der Waals surface area contributed by atoms with Crippen LogP contribution in [0, 0.1) is 5.92 Å². The maximum atomic E-state index is 12.1. The lowest BCUT2D eigenvalue weighted by Crippen LogP contribution is -2.57. The van der Waals surface area contributed by atoms with E-state index in [1.165, 1.54) is 0 Å². The molecule has 5 heteroatoms. The molecular formula is C9H18F2N2O. The molecule has 1 fully saturated rings. The average Bonchev–Trinajstić information content (AvgIpc) is 2.95. The zero-order chi connectivity index (χ0) is 10.6. The number of alkyl halides is 2. The Kier molecular flexibility index (Phi) is 4.22. The van der Waals surface area contributed by atoms with Crippen LogP contribution in [0.15, 0.2) is 0 Å². The molecular weight excluding hydrogens is 190 g/mol. The van der Waals surface area contributed by atoms with Crippen LogP contribution in [-0.4, -0.2) is 38.8 Å². The van der Waals surface area contributed by atoms with E-state index < -0.39 is 12.0 Å². The minimum absolute atomic E-state index is 0.308. The normalized spacial score (nSPS) is 21.2. The molecule has 1 aliphatic rings. The molecule has 0 heterocycles. The predicted molar refractivity (Wildman–Crippen MR) is 50.4 cm³/mol. The Morgan fingerprint density at radius 2 is 2.21 bits per heavy atom. The summed E-state index contributed by atoms with van der Waals surface area (Å²) in [6, 6.07) is 0. The van der Waals surface area contributed by atoms with E-state index in [1.54, 1.807) is 7.11 Å². The van der Waals surface area contributed by atoms with Gasteiger partial charge in [-0.25, -0.2) is 8.78 Å². The summed E-state index contributed by atoms with van der Waals surface area (Å²) in [5.41, 5.74) is 5.19. The number of hydrogen-bond donors (Lipinski definition) is 2. The number of ether oxygens (including phenoxy) is 1. The van der Waals surface area contributed by atoms with E-state index in [-0.39, 0.29) is 6.54 Å². The zero-order valence-corrected chi connectivity index (χ0v) is 8.43. The first-order valence-corrected chi connectivity index (χ1v) is 4.87. The van der Waals surface area contributed by atoms with Gasteiger partial charge < -0.3 is 15.8 Å². The lowest BCUT2D eigenvalue weighted by molar-refractivity contribution is 0.0737. The van der Waals surface area contributed by atoms with Crippen LogP contribution in [-0.2, 0) is 4.74 Å². The second-order valence-corrected chi connectivity index (χ2v) is 3.84. The molecule has 3 nitrogen and oxygen atoms in total. The number of hydrogen-bond acceptors (Lipinski definition) is 3. The molecule has 1 saturated carbocycles. The predicted octanol–water partition coefficient (Wildman–Crippen LogP) is 0.595. The molecule has 0 saturated heterocycles. The van der Waals surface area contributed by atoms with Crippen LogP contribution < -0.4 is 11.1 Å². The van der Waals surface area contributed by atoms with Crippen molar-refractivity contribution in [3.05, 3.63) is 0 Å². The van der Waals surface area contributed by atoms with E-state index in [4.69, 9.17) is 10.5 Å². The molecule has 1 unspecified atom stereocenters. The fourth-order valence-electron chi connectivity index (χ4n) is 1.78. The number of halogens is 2. The molecule has 1 atom stereocenters. The van der Waals surface area contributed by atoms with Gasteiger partial charge in [-0.2, -0.15) is 0 Å². The fourth-order valence-corrected chi connectivity index (χ4v) is 1.78. The quantitative estimate of drug-likeness (QED) is 0.644. The summed E-state index contributed by atoms with van der Waals surface area (Å²) in [5.74, 6) is 0.395. The summed E-state index contributed by atoms with van der Waals surface area (Å²) in [6.45, 7) is 0.441. The van der Waals surface area contributed by atoms with Gasteiger partial charge in [-0.05, 0) is 18.8 Å². The fraction of sp³-hybridized carbons (Fsp3) is 1.00. The van der Waals surface area contributed by atoms with Crippen LogP contribution in [0.3, 0.4) is 0 Å². The Morgan fingerprint density at radius 1 is 1.57 bits per heavy atom. The molecule has 0 aromatic carbocycles. The lowest BCUT2D eigenvalue weighted by Gasteiger charge is -2.33. The third-order valence-corrected chi connectivity index (χ3v) is 2.73. The molecule has 0 amide bonds. The van der Waals surface area contributed by atoms with Gasteiger partial charge in [0.2, 0.25) is 0 Å². The largest absolute Gasteiger partial charge is 0.383 e. The topological polar surface area (TPSA) is 47.3 Å².